The molecule has 2 aliphatic rings. The Labute approximate surface area is 265 Å². The van der Waals surface area contributed by atoms with Gasteiger partial charge in [0.05, 0.1) is 24.1 Å². The van der Waals surface area contributed by atoms with Crippen LogP contribution in [0.4, 0.5) is 10.5 Å². The summed E-state index contributed by atoms with van der Waals surface area (Å²) in [5.74, 6) is -0.619. The zero-order valence-electron chi connectivity index (χ0n) is 24.9. The quantitative estimate of drug-likeness (QED) is 0.171. The number of hydrogen-bond donors (Lipinski definition) is 1. The second kappa shape index (κ2) is 13.1. The third-order valence-corrected chi connectivity index (χ3v) is 8.44. The lowest BCUT2D eigenvalue weighted by Gasteiger charge is -2.46. The van der Waals surface area contributed by atoms with E-state index >= 15 is 0 Å². The maximum Gasteiger partial charge on any atom is 0.333 e. The van der Waals surface area contributed by atoms with E-state index in [0.29, 0.717) is 5.56 Å². The molecule has 2 fully saturated rings. The van der Waals surface area contributed by atoms with Crippen LogP contribution in [0.5, 0.6) is 0 Å². The van der Waals surface area contributed by atoms with Gasteiger partial charge in [-0.2, -0.15) is 10.3 Å². The monoisotopic (exact) mass is 617 g/mol. The molecule has 0 unspecified atom stereocenters. The van der Waals surface area contributed by atoms with Gasteiger partial charge in [-0.25, -0.2) is 9.80 Å². The van der Waals surface area contributed by atoms with Gasteiger partial charge in [0, 0.05) is 31.6 Å². The Balaban J connectivity index is 1.32. The van der Waals surface area contributed by atoms with E-state index in [1.54, 1.807) is 22.0 Å². The topological polar surface area (TPSA) is 143 Å². The van der Waals surface area contributed by atoms with Crippen molar-refractivity contribution in [3.05, 3.63) is 124 Å². The summed E-state index contributed by atoms with van der Waals surface area (Å²) in [4.78, 5) is 55.2. The number of nitrogens with one attached hydrogen (secondary N) is 1. The van der Waals surface area contributed by atoms with Crippen molar-refractivity contribution in [3.8, 4) is 6.07 Å². The molecule has 2 heterocycles. The van der Waals surface area contributed by atoms with Crippen LogP contribution in [-0.4, -0.2) is 74.4 Å². The fourth-order valence-electron chi connectivity index (χ4n) is 6.21. The van der Waals surface area contributed by atoms with E-state index in [0.717, 1.165) is 21.9 Å². The average molecular weight is 618 g/mol. The first-order chi connectivity index (χ1) is 22.3. The van der Waals surface area contributed by atoms with Gasteiger partial charge in [-0.15, -0.1) is 0 Å². The SMILES string of the molecule is N#CCN(C(=O)NCc1ccccc1)N1CC(=O)N2[C@@H](Cc3ccc([N+](=O)[O-])cc3)C(=O)N(Cc3cccc4ccccc34)C[C@@H]21. The number of nitrogens with zero attached hydrogens (tertiary/aromatic N) is 6. The third-order valence-electron chi connectivity index (χ3n) is 8.44. The number of nitro groups is 1. The molecule has 2 atom stereocenters. The lowest BCUT2D eigenvalue weighted by molar-refractivity contribution is -0.384. The molecule has 6 rings (SSSR count). The van der Waals surface area contributed by atoms with Crippen molar-refractivity contribution in [2.45, 2.75) is 31.7 Å². The number of urea groups is 1. The zero-order valence-corrected chi connectivity index (χ0v) is 24.9. The molecular weight excluding hydrogens is 586 g/mol. The first-order valence-electron chi connectivity index (χ1n) is 14.9. The van der Waals surface area contributed by atoms with Crippen LogP contribution < -0.4 is 5.32 Å². The number of nitriles is 1. The number of carbonyl (C=O) groups excluding carboxylic acids is 3. The van der Waals surface area contributed by atoms with Crippen molar-refractivity contribution < 1.29 is 19.3 Å². The largest absolute Gasteiger partial charge is 0.333 e. The van der Waals surface area contributed by atoms with Crippen molar-refractivity contribution >= 4 is 34.3 Å². The molecule has 4 aromatic carbocycles. The first-order valence-corrected chi connectivity index (χ1v) is 14.9. The summed E-state index contributed by atoms with van der Waals surface area (Å²) >= 11 is 0. The molecule has 46 heavy (non-hydrogen) atoms. The van der Waals surface area contributed by atoms with E-state index in [4.69, 9.17) is 0 Å². The lowest BCUT2D eigenvalue weighted by atomic mass is 9.99. The van der Waals surface area contributed by atoms with Crippen molar-refractivity contribution in [1.82, 2.24) is 25.1 Å². The molecule has 0 bridgehead atoms. The van der Waals surface area contributed by atoms with Crippen LogP contribution >= 0.6 is 0 Å². The average Bonchev–Trinajstić information content (AvgIpc) is 3.40. The maximum absolute atomic E-state index is 14.2. The highest BCUT2D eigenvalue weighted by atomic mass is 16.6. The number of carbonyl (C=O) groups is 3. The molecule has 12 heteroatoms. The third kappa shape index (κ3) is 6.09. The minimum absolute atomic E-state index is 0.0775. The predicted molar refractivity (Wildman–Crippen MR) is 168 cm³/mol. The molecular formula is C34H31N7O5. The summed E-state index contributed by atoms with van der Waals surface area (Å²) in [6.45, 7) is 0.103. The Hall–Kier alpha value is -5.80. The molecule has 232 valence electrons. The fraction of sp³-hybridized carbons (Fsp3) is 0.235. The summed E-state index contributed by atoms with van der Waals surface area (Å²) in [6, 6.07) is 29.6. The van der Waals surface area contributed by atoms with Gasteiger partial charge in [0.1, 0.15) is 18.8 Å². The fourth-order valence-corrected chi connectivity index (χ4v) is 6.21. The van der Waals surface area contributed by atoms with Gasteiger partial charge in [0.2, 0.25) is 11.8 Å². The Morgan fingerprint density at radius 1 is 0.957 bits per heavy atom. The molecule has 0 spiro atoms. The van der Waals surface area contributed by atoms with E-state index in [2.05, 4.69) is 5.32 Å². The summed E-state index contributed by atoms with van der Waals surface area (Å²) < 4.78 is 0. The van der Waals surface area contributed by atoms with Crippen LogP contribution in [0.15, 0.2) is 97.1 Å². The van der Waals surface area contributed by atoms with Crippen LogP contribution in [0.25, 0.3) is 10.8 Å². The highest BCUT2D eigenvalue weighted by Gasteiger charge is 2.52. The number of amides is 4. The molecule has 12 nitrogen and oxygen atoms in total. The van der Waals surface area contributed by atoms with E-state index in [-0.39, 0.29) is 56.6 Å². The van der Waals surface area contributed by atoms with E-state index in [1.807, 2.05) is 78.9 Å². The normalized spacial score (nSPS) is 17.9. The van der Waals surface area contributed by atoms with Gasteiger partial charge in [-0.1, -0.05) is 84.9 Å². The standard InChI is InChI=1S/C34H31N7O5/c35-17-18-38(34(44)36-20-25-7-2-1-3-8-25)39-23-32(42)40-30(19-24-13-15-28(16-14-24)41(45)46)33(43)37(22-31(39)40)21-27-11-6-10-26-9-4-5-12-29(26)27/h1-16,30-31H,18-23H2,(H,36,44)/t30-,31+/m0/s1. The molecule has 0 radical (unpaired) electrons. The molecule has 4 amide bonds. The Morgan fingerprint density at radius 3 is 2.41 bits per heavy atom. The van der Waals surface area contributed by atoms with Gasteiger partial charge < -0.3 is 15.1 Å². The van der Waals surface area contributed by atoms with Crippen molar-refractivity contribution in [2.75, 3.05) is 19.6 Å². The number of nitro benzene ring substituents is 1. The van der Waals surface area contributed by atoms with Gasteiger partial charge >= 0.3 is 6.03 Å². The summed E-state index contributed by atoms with van der Waals surface area (Å²) in [5.41, 5.74) is 2.38. The molecule has 0 saturated carbocycles. The van der Waals surface area contributed by atoms with Gasteiger partial charge in [0.15, 0.2) is 0 Å². The molecule has 4 aromatic rings. The van der Waals surface area contributed by atoms with Gasteiger partial charge in [-0.05, 0) is 27.5 Å². The first kappa shape index (κ1) is 30.2. The summed E-state index contributed by atoms with van der Waals surface area (Å²) in [7, 11) is 0. The van der Waals surface area contributed by atoms with Crippen LogP contribution in [0.2, 0.25) is 0 Å². The number of benzene rings is 4. The minimum atomic E-state index is -0.927. The van der Waals surface area contributed by atoms with E-state index in [9.17, 15) is 29.8 Å². The van der Waals surface area contributed by atoms with Crippen molar-refractivity contribution in [1.29, 1.82) is 5.26 Å². The van der Waals surface area contributed by atoms with Crippen molar-refractivity contribution in [2.24, 2.45) is 0 Å². The van der Waals surface area contributed by atoms with E-state index in [1.165, 1.54) is 22.0 Å². The molecule has 2 aliphatic heterocycles. The van der Waals surface area contributed by atoms with Gasteiger partial charge in [-0.3, -0.25) is 19.7 Å². The Bertz CT molecular complexity index is 1820. The van der Waals surface area contributed by atoms with Crippen LogP contribution in [-0.2, 0) is 29.1 Å². The molecule has 2 saturated heterocycles. The highest BCUT2D eigenvalue weighted by Crippen LogP contribution is 2.31. The molecule has 1 N–H and O–H groups in total. The Morgan fingerprint density at radius 2 is 1.67 bits per heavy atom. The van der Waals surface area contributed by atoms with Crippen LogP contribution in [0.1, 0.15) is 16.7 Å². The lowest BCUT2D eigenvalue weighted by Crippen LogP contribution is -2.66. The van der Waals surface area contributed by atoms with Crippen LogP contribution in [0.3, 0.4) is 0 Å². The number of hydrazine groups is 1. The van der Waals surface area contributed by atoms with Crippen LogP contribution in [0, 0.1) is 21.4 Å². The van der Waals surface area contributed by atoms with Gasteiger partial charge in [0.25, 0.3) is 5.69 Å². The highest BCUT2D eigenvalue weighted by molar-refractivity contribution is 5.92. The Kier molecular flexibility index (Phi) is 8.58. The predicted octanol–water partition coefficient (Wildman–Crippen LogP) is 3.82. The second-order valence-electron chi connectivity index (χ2n) is 11.2. The van der Waals surface area contributed by atoms with E-state index < -0.39 is 23.2 Å². The second-order valence-corrected chi connectivity index (χ2v) is 11.2. The molecule has 0 aliphatic carbocycles. The number of rotatable bonds is 9. The smallest absolute Gasteiger partial charge is 0.333 e. The minimum Gasteiger partial charge on any atom is -0.333 e. The number of fused-ring (bicyclic) bond motifs is 2. The number of non-ortho nitro benzene ring substituents is 1. The number of hydrogen-bond acceptors (Lipinski definition) is 7. The van der Waals surface area contributed by atoms with Crippen molar-refractivity contribution in [3.63, 3.8) is 0 Å². The maximum atomic E-state index is 14.2. The zero-order chi connectivity index (χ0) is 32.2. The molecule has 0 aromatic heterocycles. The summed E-state index contributed by atoms with van der Waals surface area (Å²) in [6.07, 6.45) is -0.601. The summed E-state index contributed by atoms with van der Waals surface area (Å²) in [5, 5.41) is 28.6. The number of piperazine rings is 1.